The zero-order chi connectivity index (χ0) is 15.6. The Labute approximate surface area is 129 Å². The minimum absolute atomic E-state index is 0.0217. The molecule has 0 unspecified atom stereocenters. The second kappa shape index (κ2) is 5.88. The van der Waals surface area contributed by atoms with Crippen LogP contribution in [-0.4, -0.2) is 37.9 Å². The molecular formula is C16H20N4O2. The number of hydrogen-bond acceptors (Lipinski definition) is 4. The van der Waals surface area contributed by atoms with E-state index in [1.165, 1.54) is 0 Å². The summed E-state index contributed by atoms with van der Waals surface area (Å²) >= 11 is 0. The Morgan fingerprint density at radius 2 is 2.18 bits per heavy atom. The third kappa shape index (κ3) is 2.62. The predicted octanol–water partition coefficient (Wildman–Crippen LogP) is 1.61. The van der Waals surface area contributed by atoms with Gasteiger partial charge in [-0.2, -0.15) is 5.10 Å². The average Bonchev–Trinajstić information content (AvgIpc) is 3.15. The molecule has 1 fully saturated rings. The molecule has 2 aromatic heterocycles. The first-order valence-electron chi connectivity index (χ1n) is 7.55. The molecule has 2 heterocycles. The van der Waals surface area contributed by atoms with Crippen molar-refractivity contribution < 1.29 is 9.90 Å². The van der Waals surface area contributed by atoms with Crippen LogP contribution >= 0.6 is 0 Å². The van der Waals surface area contributed by atoms with Crippen molar-refractivity contribution in [2.24, 2.45) is 0 Å². The first kappa shape index (κ1) is 14.7. The number of nitrogens with zero attached hydrogens (tertiary/aromatic N) is 3. The molecule has 22 heavy (non-hydrogen) atoms. The Hall–Kier alpha value is -2.21. The van der Waals surface area contributed by atoms with E-state index in [2.05, 4.69) is 15.4 Å². The highest BCUT2D eigenvalue weighted by molar-refractivity contribution is 5.95. The highest BCUT2D eigenvalue weighted by Crippen LogP contribution is 2.29. The van der Waals surface area contributed by atoms with Gasteiger partial charge in [-0.15, -0.1) is 0 Å². The molecule has 6 heteroatoms. The van der Waals surface area contributed by atoms with Gasteiger partial charge in [-0.1, -0.05) is 18.9 Å². The van der Waals surface area contributed by atoms with Gasteiger partial charge in [-0.3, -0.25) is 4.79 Å². The summed E-state index contributed by atoms with van der Waals surface area (Å²) in [5.74, 6) is 0.493. The van der Waals surface area contributed by atoms with Crippen LogP contribution in [0.15, 0.2) is 30.6 Å². The lowest BCUT2D eigenvalue weighted by Gasteiger charge is -2.27. The lowest BCUT2D eigenvalue weighted by molar-refractivity contribution is 0.0838. The molecular weight excluding hydrogens is 280 g/mol. The van der Waals surface area contributed by atoms with E-state index in [-0.39, 0.29) is 12.5 Å². The van der Waals surface area contributed by atoms with Gasteiger partial charge in [0.2, 0.25) is 0 Å². The molecule has 1 saturated carbocycles. The Morgan fingerprint density at radius 3 is 2.82 bits per heavy atom. The van der Waals surface area contributed by atoms with Crippen molar-refractivity contribution in [3.05, 3.63) is 41.9 Å². The SMILES string of the molecule is Cc1c(C(=O)NC2(CO)CCCC2)cnn1-c1ccccn1. The van der Waals surface area contributed by atoms with E-state index in [4.69, 9.17) is 0 Å². The topological polar surface area (TPSA) is 80.0 Å². The molecule has 2 N–H and O–H groups in total. The van der Waals surface area contributed by atoms with Crippen LogP contribution in [0.1, 0.15) is 41.7 Å². The maximum Gasteiger partial charge on any atom is 0.255 e. The van der Waals surface area contributed by atoms with Gasteiger partial charge in [0.1, 0.15) is 0 Å². The first-order valence-corrected chi connectivity index (χ1v) is 7.55. The molecule has 0 radical (unpaired) electrons. The number of rotatable bonds is 4. The molecule has 6 nitrogen and oxygen atoms in total. The molecule has 0 bridgehead atoms. The summed E-state index contributed by atoms with van der Waals surface area (Å²) in [5.41, 5.74) is 0.782. The summed E-state index contributed by atoms with van der Waals surface area (Å²) in [6.07, 6.45) is 6.96. The summed E-state index contributed by atoms with van der Waals surface area (Å²) in [6.45, 7) is 1.82. The molecule has 0 aliphatic heterocycles. The van der Waals surface area contributed by atoms with Crippen molar-refractivity contribution in [1.82, 2.24) is 20.1 Å². The van der Waals surface area contributed by atoms with Crippen molar-refractivity contribution in [3.8, 4) is 5.82 Å². The fraction of sp³-hybridized carbons (Fsp3) is 0.438. The Morgan fingerprint density at radius 1 is 1.41 bits per heavy atom. The van der Waals surface area contributed by atoms with Crippen molar-refractivity contribution in [2.45, 2.75) is 38.1 Å². The maximum absolute atomic E-state index is 12.5. The van der Waals surface area contributed by atoms with Crippen molar-refractivity contribution in [2.75, 3.05) is 6.61 Å². The van der Waals surface area contributed by atoms with Crippen LogP contribution < -0.4 is 5.32 Å². The highest BCUT2D eigenvalue weighted by Gasteiger charge is 2.35. The Balaban J connectivity index is 1.84. The summed E-state index contributed by atoms with van der Waals surface area (Å²) in [6, 6.07) is 5.55. The summed E-state index contributed by atoms with van der Waals surface area (Å²) < 4.78 is 1.65. The summed E-state index contributed by atoms with van der Waals surface area (Å²) in [4.78, 5) is 16.8. The average molecular weight is 300 g/mol. The zero-order valence-corrected chi connectivity index (χ0v) is 12.6. The standard InChI is InChI=1S/C16H20N4O2/c1-12-13(10-18-20(12)14-6-2-5-9-17-14)15(22)19-16(11-21)7-3-4-8-16/h2,5-6,9-10,21H,3-4,7-8,11H2,1H3,(H,19,22). The van der Waals surface area contributed by atoms with E-state index in [1.54, 1.807) is 17.1 Å². The number of carbonyl (C=O) groups excluding carboxylic acids is 1. The van der Waals surface area contributed by atoms with Crippen LogP contribution in [0.3, 0.4) is 0 Å². The lowest BCUT2D eigenvalue weighted by Crippen LogP contribution is -2.49. The monoisotopic (exact) mass is 300 g/mol. The van der Waals surface area contributed by atoms with Crippen LogP contribution in [-0.2, 0) is 0 Å². The second-order valence-electron chi connectivity index (χ2n) is 5.84. The van der Waals surface area contributed by atoms with Crippen LogP contribution in [0.4, 0.5) is 0 Å². The number of aliphatic hydroxyl groups is 1. The van der Waals surface area contributed by atoms with E-state index >= 15 is 0 Å². The number of amides is 1. The molecule has 116 valence electrons. The Bertz CT molecular complexity index is 660. The lowest BCUT2D eigenvalue weighted by atomic mass is 9.98. The molecule has 0 saturated heterocycles. The molecule has 1 aliphatic rings. The number of aromatic nitrogens is 3. The normalized spacial score (nSPS) is 16.6. The van der Waals surface area contributed by atoms with Crippen molar-refractivity contribution in [1.29, 1.82) is 0 Å². The molecule has 1 aliphatic carbocycles. The van der Waals surface area contributed by atoms with Gasteiger partial charge in [0.05, 0.1) is 29.6 Å². The number of aliphatic hydroxyl groups excluding tert-OH is 1. The van der Waals surface area contributed by atoms with Crippen LogP contribution in [0.2, 0.25) is 0 Å². The van der Waals surface area contributed by atoms with E-state index in [0.717, 1.165) is 31.4 Å². The smallest absolute Gasteiger partial charge is 0.255 e. The van der Waals surface area contributed by atoms with E-state index < -0.39 is 5.54 Å². The summed E-state index contributed by atoms with van der Waals surface area (Å²) in [7, 11) is 0. The second-order valence-corrected chi connectivity index (χ2v) is 5.84. The van der Waals surface area contributed by atoms with Crippen LogP contribution in [0.5, 0.6) is 0 Å². The van der Waals surface area contributed by atoms with Gasteiger partial charge in [-0.05, 0) is 31.9 Å². The van der Waals surface area contributed by atoms with Gasteiger partial charge in [0.15, 0.2) is 5.82 Å². The van der Waals surface area contributed by atoms with Gasteiger partial charge in [0.25, 0.3) is 5.91 Å². The fourth-order valence-electron chi connectivity index (χ4n) is 3.03. The van der Waals surface area contributed by atoms with Gasteiger partial charge in [-0.25, -0.2) is 9.67 Å². The van der Waals surface area contributed by atoms with Gasteiger partial charge < -0.3 is 10.4 Å². The van der Waals surface area contributed by atoms with E-state index in [0.29, 0.717) is 11.4 Å². The zero-order valence-electron chi connectivity index (χ0n) is 12.6. The molecule has 0 spiro atoms. The third-order valence-corrected chi connectivity index (χ3v) is 4.36. The third-order valence-electron chi connectivity index (χ3n) is 4.36. The first-order chi connectivity index (χ1) is 10.7. The minimum Gasteiger partial charge on any atom is -0.394 e. The van der Waals surface area contributed by atoms with E-state index in [9.17, 15) is 9.90 Å². The largest absolute Gasteiger partial charge is 0.394 e. The van der Waals surface area contributed by atoms with E-state index in [1.807, 2.05) is 25.1 Å². The molecule has 0 atom stereocenters. The maximum atomic E-state index is 12.5. The summed E-state index contributed by atoms with van der Waals surface area (Å²) in [5, 5.41) is 16.9. The molecule has 3 rings (SSSR count). The number of nitrogens with one attached hydrogen (secondary N) is 1. The fourth-order valence-corrected chi connectivity index (χ4v) is 3.03. The van der Waals surface area contributed by atoms with Crippen LogP contribution in [0, 0.1) is 6.92 Å². The number of pyridine rings is 1. The number of hydrogen-bond donors (Lipinski definition) is 2. The quantitative estimate of drug-likeness (QED) is 0.899. The van der Waals surface area contributed by atoms with Crippen LogP contribution in [0.25, 0.3) is 5.82 Å². The number of carbonyl (C=O) groups is 1. The Kier molecular flexibility index (Phi) is 3.94. The van der Waals surface area contributed by atoms with Crippen molar-refractivity contribution >= 4 is 5.91 Å². The molecule has 2 aromatic rings. The predicted molar refractivity (Wildman–Crippen MR) is 81.8 cm³/mol. The van der Waals surface area contributed by atoms with Gasteiger partial charge in [0, 0.05) is 6.20 Å². The molecule has 0 aromatic carbocycles. The minimum atomic E-state index is -0.476. The van der Waals surface area contributed by atoms with Gasteiger partial charge >= 0.3 is 0 Å². The van der Waals surface area contributed by atoms with Crippen molar-refractivity contribution in [3.63, 3.8) is 0 Å². The molecule has 1 amide bonds. The highest BCUT2D eigenvalue weighted by atomic mass is 16.3.